The Kier molecular flexibility index (Phi) is 9.69. The van der Waals surface area contributed by atoms with E-state index in [0.29, 0.717) is 24.7 Å². The Morgan fingerprint density at radius 3 is 1.24 bits per heavy atom. The Labute approximate surface area is 227 Å². The smallest absolute Gasteiger partial charge is 0.169 e. The second-order valence-electron chi connectivity index (χ2n) is 9.40. The van der Waals surface area contributed by atoms with E-state index in [2.05, 4.69) is 62.4 Å². The second kappa shape index (κ2) is 13.6. The lowest BCUT2D eigenvalue weighted by Gasteiger charge is -2.22. The van der Waals surface area contributed by atoms with Crippen LogP contribution in [0.25, 0.3) is 11.1 Å². The third kappa shape index (κ3) is 6.69. The zero-order chi connectivity index (χ0) is 26.7. The van der Waals surface area contributed by atoms with Crippen LogP contribution in [0.5, 0.6) is 23.0 Å². The molecule has 4 heteroatoms. The van der Waals surface area contributed by atoms with Gasteiger partial charge in [0, 0.05) is 11.1 Å². The number of hydrogen-bond acceptors (Lipinski definition) is 4. The lowest BCUT2D eigenvalue weighted by molar-refractivity contribution is 0.281. The van der Waals surface area contributed by atoms with Crippen molar-refractivity contribution in [2.24, 2.45) is 0 Å². The minimum absolute atomic E-state index is 0.434. The molecule has 0 spiro atoms. The van der Waals surface area contributed by atoms with Gasteiger partial charge in [-0.05, 0) is 59.4 Å². The molecule has 0 N–H and O–H groups in total. The van der Waals surface area contributed by atoms with Crippen molar-refractivity contribution in [3.8, 4) is 34.1 Å². The molecule has 0 aromatic heterocycles. The van der Waals surface area contributed by atoms with Crippen LogP contribution in [0.15, 0.2) is 84.9 Å². The van der Waals surface area contributed by atoms with Gasteiger partial charge in [0.15, 0.2) is 23.0 Å². The molecule has 0 unspecified atom stereocenters. The quantitative estimate of drug-likeness (QED) is 0.181. The first-order valence-electron chi connectivity index (χ1n) is 13.4. The van der Waals surface area contributed by atoms with Crippen LogP contribution in [0, 0.1) is 0 Å². The first-order valence-corrected chi connectivity index (χ1v) is 13.4. The maximum atomic E-state index is 6.50. The lowest BCUT2D eigenvalue weighted by Crippen LogP contribution is -2.04. The van der Waals surface area contributed by atoms with E-state index < -0.39 is 0 Å². The van der Waals surface area contributed by atoms with Crippen LogP contribution in [0.4, 0.5) is 0 Å². The molecule has 0 aliphatic rings. The molecule has 0 radical (unpaired) electrons. The van der Waals surface area contributed by atoms with E-state index in [4.69, 9.17) is 18.9 Å². The summed E-state index contributed by atoms with van der Waals surface area (Å²) in [6, 6.07) is 29.0. The average Bonchev–Trinajstić information content (AvgIpc) is 2.96. The van der Waals surface area contributed by atoms with Gasteiger partial charge in [-0.25, -0.2) is 0 Å². The Hall–Kier alpha value is -3.92. The fraction of sp³-hybridized carbons (Fsp3) is 0.294. The van der Waals surface area contributed by atoms with Gasteiger partial charge in [-0.15, -0.1) is 0 Å². The standard InChI is InChI=1S/C34H38O4/c1-5-13-27-19-29(33(31(21-27)35-3)37-23-25-15-9-7-10-16-25)30-20-28(14-6-2)22-32(36-4)34(30)38-24-26-17-11-8-12-18-26/h7-12,15-22H,5-6,13-14,23-24H2,1-4H3. The van der Waals surface area contributed by atoms with Crippen molar-refractivity contribution in [2.45, 2.75) is 52.7 Å². The maximum absolute atomic E-state index is 6.50. The first-order chi connectivity index (χ1) is 18.7. The number of methoxy groups -OCH3 is 2. The van der Waals surface area contributed by atoms with E-state index >= 15 is 0 Å². The van der Waals surface area contributed by atoms with Gasteiger partial charge in [-0.1, -0.05) is 87.4 Å². The molecule has 0 saturated carbocycles. The molecule has 0 amide bonds. The molecule has 0 aliphatic carbocycles. The highest BCUT2D eigenvalue weighted by atomic mass is 16.5. The molecular weight excluding hydrogens is 472 g/mol. The summed E-state index contributed by atoms with van der Waals surface area (Å²) in [7, 11) is 3.40. The summed E-state index contributed by atoms with van der Waals surface area (Å²) < 4.78 is 24.8. The summed E-state index contributed by atoms with van der Waals surface area (Å²) in [5.41, 5.74) is 6.47. The van der Waals surface area contributed by atoms with Gasteiger partial charge < -0.3 is 18.9 Å². The van der Waals surface area contributed by atoms with Crippen LogP contribution >= 0.6 is 0 Å². The van der Waals surface area contributed by atoms with E-state index in [9.17, 15) is 0 Å². The zero-order valence-electron chi connectivity index (χ0n) is 23.0. The number of ether oxygens (including phenoxy) is 4. The van der Waals surface area contributed by atoms with Crippen LogP contribution < -0.4 is 18.9 Å². The van der Waals surface area contributed by atoms with Crippen LogP contribution in [0.1, 0.15) is 48.9 Å². The Balaban J connectivity index is 1.87. The minimum atomic E-state index is 0.434. The molecule has 0 fully saturated rings. The van der Waals surface area contributed by atoms with Crippen LogP contribution in [0.2, 0.25) is 0 Å². The SMILES string of the molecule is CCCc1cc(OC)c(OCc2ccccc2)c(-c2cc(CCC)cc(OC)c2OCc2ccccc2)c1. The summed E-state index contributed by atoms with van der Waals surface area (Å²) in [6.45, 7) is 5.24. The molecule has 4 nitrogen and oxygen atoms in total. The number of rotatable bonds is 13. The molecular formula is C34H38O4. The first kappa shape index (κ1) is 27.1. The molecule has 38 heavy (non-hydrogen) atoms. The number of hydrogen-bond donors (Lipinski definition) is 0. The molecule has 198 valence electrons. The minimum Gasteiger partial charge on any atom is -0.493 e. The highest BCUT2D eigenvalue weighted by Gasteiger charge is 2.22. The molecule has 0 aliphatic heterocycles. The normalized spacial score (nSPS) is 10.7. The van der Waals surface area contributed by atoms with E-state index in [-0.39, 0.29) is 0 Å². The number of aryl methyl sites for hydroxylation is 2. The van der Waals surface area contributed by atoms with Crippen molar-refractivity contribution >= 4 is 0 Å². The third-order valence-corrected chi connectivity index (χ3v) is 6.49. The summed E-state index contributed by atoms with van der Waals surface area (Å²) >= 11 is 0. The fourth-order valence-corrected chi connectivity index (χ4v) is 4.65. The summed E-state index contributed by atoms with van der Waals surface area (Å²) in [5.74, 6) is 2.85. The third-order valence-electron chi connectivity index (χ3n) is 6.49. The van der Waals surface area contributed by atoms with E-state index in [0.717, 1.165) is 59.4 Å². The van der Waals surface area contributed by atoms with Crippen molar-refractivity contribution in [1.82, 2.24) is 0 Å². The van der Waals surface area contributed by atoms with Gasteiger partial charge in [0.2, 0.25) is 0 Å². The fourth-order valence-electron chi connectivity index (χ4n) is 4.65. The van der Waals surface area contributed by atoms with Gasteiger partial charge in [-0.2, -0.15) is 0 Å². The summed E-state index contributed by atoms with van der Waals surface area (Å²) in [5, 5.41) is 0. The maximum Gasteiger partial charge on any atom is 0.169 e. The van der Waals surface area contributed by atoms with Gasteiger partial charge in [-0.3, -0.25) is 0 Å². The molecule has 0 atom stereocenters. The van der Waals surface area contributed by atoms with Crippen molar-refractivity contribution < 1.29 is 18.9 Å². The predicted octanol–water partition coefficient (Wildman–Crippen LogP) is 8.43. The lowest BCUT2D eigenvalue weighted by atomic mass is 9.95. The highest BCUT2D eigenvalue weighted by Crippen LogP contribution is 2.47. The second-order valence-corrected chi connectivity index (χ2v) is 9.40. The van der Waals surface area contributed by atoms with Crippen molar-refractivity contribution in [2.75, 3.05) is 14.2 Å². The van der Waals surface area contributed by atoms with Crippen molar-refractivity contribution in [1.29, 1.82) is 0 Å². The van der Waals surface area contributed by atoms with E-state index in [1.807, 2.05) is 36.4 Å². The Morgan fingerprint density at radius 2 is 0.895 bits per heavy atom. The van der Waals surface area contributed by atoms with Crippen LogP contribution in [-0.4, -0.2) is 14.2 Å². The molecule has 4 aromatic carbocycles. The van der Waals surface area contributed by atoms with E-state index in [1.165, 1.54) is 11.1 Å². The van der Waals surface area contributed by atoms with Crippen LogP contribution in [0.3, 0.4) is 0 Å². The van der Waals surface area contributed by atoms with Crippen LogP contribution in [-0.2, 0) is 26.1 Å². The van der Waals surface area contributed by atoms with Gasteiger partial charge >= 0.3 is 0 Å². The average molecular weight is 511 g/mol. The molecule has 4 aromatic rings. The number of benzene rings is 4. The zero-order valence-corrected chi connectivity index (χ0v) is 23.0. The Morgan fingerprint density at radius 1 is 0.500 bits per heavy atom. The highest BCUT2D eigenvalue weighted by molar-refractivity contribution is 5.82. The monoisotopic (exact) mass is 510 g/mol. The molecule has 0 bridgehead atoms. The molecule has 0 saturated heterocycles. The van der Waals surface area contributed by atoms with Gasteiger partial charge in [0.1, 0.15) is 13.2 Å². The van der Waals surface area contributed by atoms with Crippen molar-refractivity contribution in [3.05, 3.63) is 107 Å². The largest absolute Gasteiger partial charge is 0.493 e. The summed E-state index contributed by atoms with van der Waals surface area (Å²) in [4.78, 5) is 0. The predicted molar refractivity (Wildman–Crippen MR) is 155 cm³/mol. The topological polar surface area (TPSA) is 36.9 Å². The van der Waals surface area contributed by atoms with Gasteiger partial charge in [0.05, 0.1) is 14.2 Å². The Bertz CT molecular complexity index is 1200. The van der Waals surface area contributed by atoms with Gasteiger partial charge in [0.25, 0.3) is 0 Å². The van der Waals surface area contributed by atoms with E-state index in [1.54, 1.807) is 14.2 Å². The molecule has 0 heterocycles. The van der Waals surface area contributed by atoms with Crippen molar-refractivity contribution in [3.63, 3.8) is 0 Å². The summed E-state index contributed by atoms with van der Waals surface area (Å²) in [6.07, 6.45) is 3.94. The molecule has 4 rings (SSSR count).